The molecule has 3 aliphatic heterocycles. The monoisotopic (exact) mass is 1890 g/mol. The van der Waals surface area contributed by atoms with Crippen molar-refractivity contribution in [2.45, 2.75) is 22.4 Å². The molecule has 3 aliphatic rings. The van der Waals surface area contributed by atoms with E-state index in [9.17, 15) is 9.90 Å². The summed E-state index contributed by atoms with van der Waals surface area (Å²) in [5.41, 5.74) is 11.2. The van der Waals surface area contributed by atoms with Crippen molar-refractivity contribution in [1.82, 2.24) is 0 Å². The predicted octanol–water partition coefficient (Wildman–Crippen LogP) is 24.0. The van der Waals surface area contributed by atoms with Crippen LogP contribution in [0.2, 0.25) is 0 Å². The molecule has 0 fully saturated rings. The van der Waals surface area contributed by atoms with Gasteiger partial charge in [-0.15, -0.1) is 0 Å². The molecule has 0 radical (unpaired) electrons. The van der Waals surface area contributed by atoms with Gasteiger partial charge in [0.15, 0.2) is 0 Å². The number of fused-ring (bicyclic) bond motifs is 3. The minimum atomic E-state index is -2.13. The standard InChI is InChI=1S/C20H17IO.2C19H14ClIO.C19H15IO.C7H4ClIO/c1-21-19-15-9-8-14-18(19)20(22-21,16-10-4-2-5-11-16)17-12-6-3-7-13-17;2*20-21-18-14-8-7-13-17(18)19(22-21,15-9-3-1-4-10-15)16-11-5-2-6-12-16;20-18-14-8-7-13-17(18)19(21,15-9-3-1-4-10-15)16-11-5-2-6-12-16;8-7(10)5-3-1-2-4-6(5)9/h2-15H,1H3;2*1-14H;1-14,21H;1-4H. The Bertz CT molecular complexity index is 4220. The topological polar surface area (TPSA) is 65.0 Å². The van der Waals surface area contributed by atoms with Gasteiger partial charge in [-0.05, 0) is 86.1 Å². The molecule has 0 aliphatic carbocycles. The van der Waals surface area contributed by atoms with Gasteiger partial charge >= 0.3 is 423 Å². The van der Waals surface area contributed by atoms with Crippen molar-refractivity contribution in [3.8, 4) is 0 Å². The molecule has 0 atom stereocenters. The molecule has 16 rings (SSSR count). The Morgan fingerprint density at radius 3 is 0.918 bits per heavy atom. The quantitative estimate of drug-likeness (QED) is 0.0640. The van der Waals surface area contributed by atoms with Crippen LogP contribution in [0.25, 0.3) is 0 Å². The van der Waals surface area contributed by atoms with E-state index in [1.807, 2.05) is 133 Å². The van der Waals surface area contributed by atoms with Gasteiger partial charge in [-0.25, -0.2) is 0 Å². The van der Waals surface area contributed by atoms with Gasteiger partial charge in [0.25, 0.3) is 5.24 Å². The Hall–Kier alpha value is -6.11. The molecule has 13 aromatic carbocycles. The van der Waals surface area contributed by atoms with E-state index in [2.05, 4.69) is 269 Å². The average molecular weight is 1890 g/mol. The van der Waals surface area contributed by atoms with Gasteiger partial charge in [-0.1, -0.05) is 91.0 Å². The van der Waals surface area contributed by atoms with Gasteiger partial charge in [0.2, 0.25) is 0 Å². The SMILES string of the molecule is CI1OC(c2ccccc2)(c2ccccc2)c2ccccc21.ClI1OC(c2ccccc2)(c2ccccc2)c2ccccc21.ClI1OC(c2ccccc2)(c2ccccc2)c2ccccc21.O=C(Cl)c1ccccc1I.OC(c1ccccc1)(c1ccccc1)c1ccccc1I. The predicted molar refractivity (Wildman–Crippen MR) is 440 cm³/mol. The van der Waals surface area contributed by atoms with Crippen LogP contribution in [0.4, 0.5) is 0 Å². The fourth-order valence-electron chi connectivity index (χ4n) is 12.3. The zero-order valence-electron chi connectivity index (χ0n) is 52.2. The fraction of sp³-hybridized carbons (Fsp3) is 0.0595. The number of halogens is 8. The maximum absolute atomic E-state index is 11.6. The zero-order chi connectivity index (χ0) is 67.2. The third-order valence-corrected chi connectivity index (χ3v) is 31.4. The first-order valence-electron chi connectivity index (χ1n) is 31.0. The molecule has 0 amide bonds. The number of hydrogen-bond acceptors (Lipinski definition) is 5. The number of carbonyl (C=O) groups excluding carboxylic acids is 1. The molecule has 3 heterocycles. The largest absolute Gasteiger partial charge is 0.376 e. The molecule has 0 saturated carbocycles. The first-order chi connectivity index (χ1) is 47.4. The van der Waals surface area contributed by atoms with E-state index in [1.54, 1.807) is 12.1 Å². The van der Waals surface area contributed by atoms with Crippen LogP contribution in [0.1, 0.15) is 77.1 Å². The molecule has 5 nitrogen and oxygen atoms in total. The Morgan fingerprint density at radius 1 is 0.340 bits per heavy atom. The summed E-state index contributed by atoms with van der Waals surface area (Å²) in [6.45, 7) is 0. The van der Waals surface area contributed by atoms with Crippen molar-refractivity contribution in [2.24, 2.45) is 0 Å². The molecule has 0 unspecified atom stereocenters. The zero-order valence-corrected chi connectivity index (χ0v) is 65.3. The van der Waals surface area contributed by atoms with Crippen LogP contribution in [-0.2, 0) is 31.6 Å². The van der Waals surface area contributed by atoms with Crippen molar-refractivity contribution in [1.29, 1.82) is 0 Å². The Labute approximate surface area is 631 Å². The van der Waals surface area contributed by atoms with Gasteiger partial charge in [0, 0.05) is 18.3 Å². The summed E-state index contributed by atoms with van der Waals surface area (Å²) in [5, 5.41) is 11.2. The van der Waals surface area contributed by atoms with Crippen LogP contribution in [0.15, 0.2) is 364 Å². The molecule has 0 saturated heterocycles. The van der Waals surface area contributed by atoms with Crippen LogP contribution in [0.5, 0.6) is 0 Å². The van der Waals surface area contributed by atoms with E-state index in [0.717, 1.165) is 46.1 Å². The van der Waals surface area contributed by atoms with Crippen LogP contribution in [0.3, 0.4) is 0 Å². The minimum absolute atomic E-state index is 0.398. The molecule has 0 aromatic heterocycles. The van der Waals surface area contributed by atoms with Gasteiger partial charge in [-0.3, -0.25) is 4.79 Å². The molecule has 1 N–H and O–H groups in total. The smallest absolute Gasteiger partial charge is 0.253 e. The van der Waals surface area contributed by atoms with Gasteiger partial charge in [-0.2, -0.15) is 0 Å². The summed E-state index contributed by atoms with van der Waals surface area (Å²) in [7, 11) is 13.3. The second-order valence-corrected chi connectivity index (χ2v) is 38.1. The van der Waals surface area contributed by atoms with Crippen molar-refractivity contribution in [3.05, 3.63) is 454 Å². The maximum Gasteiger partial charge on any atom is 0.253 e. The third kappa shape index (κ3) is 14.9. The van der Waals surface area contributed by atoms with E-state index in [0.29, 0.717) is 5.56 Å². The molecular weight excluding hydrogens is 1830 g/mol. The maximum atomic E-state index is 11.6. The summed E-state index contributed by atoms with van der Waals surface area (Å²) in [6.07, 6.45) is 0. The van der Waals surface area contributed by atoms with Crippen molar-refractivity contribution >= 4 is 138 Å². The van der Waals surface area contributed by atoms with Gasteiger partial charge in [0.1, 0.15) is 5.60 Å². The molecule has 0 bridgehead atoms. The summed E-state index contributed by atoms with van der Waals surface area (Å²) in [4.78, 5) is 12.9. The van der Waals surface area contributed by atoms with E-state index in [1.165, 1.54) is 38.5 Å². The molecule has 0 spiro atoms. The second kappa shape index (κ2) is 32.9. The number of hydrogen-bond donors (Lipinski definition) is 1. The first-order valence-corrected chi connectivity index (χ1v) is 47.0. The number of carbonyl (C=O) groups is 1. The fourth-order valence-corrected chi connectivity index (χ4v) is 27.1. The van der Waals surface area contributed by atoms with E-state index in [-0.39, 0.29) is 0 Å². The summed E-state index contributed by atoms with van der Waals surface area (Å²) in [6, 6.07) is 123. The summed E-state index contributed by atoms with van der Waals surface area (Å²) in [5.74, 6) is 0. The number of alkyl halides is 1. The molecule has 486 valence electrons. The molecule has 13 aromatic rings. The van der Waals surface area contributed by atoms with E-state index >= 15 is 0 Å². The summed E-state index contributed by atoms with van der Waals surface area (Å²) >= 11 is 3.75. The van der Waals surface area contributed by atoms with Crippen molar-refractivity contribution < 1.29 is 19.1 Å². The molecular formula is C84H64Cl3I5O5. The van der Waals surface area contributed by atoms with Crippen LogP contribution in [0, 0.1) is 17.9 Å². The number of benzene rings is 13. The minimum Gasteiger partial charge on any atom is -0.376 e. The van der Waals surface area contributed by atoms with Crippen LogP contribution >= 0.6 is 133 Å². The van der Waals surface area contributed by atoms with E-state index < -0.39 is 86.1 Å². The first kappa shape index (κ1) is 70.7. The normalized spacial score (nSPS) is 15.1. The van der Waals surface area contributed by atoms with Crippen molar-refractivity contribution in [2.75, 3.05) is 4.93 Å². The number of rotatable bonds is 10. The van der Waals surface area contributed by atoms with Crippen LogP contribution < -0.4 is 0 Å². The average Bonchev–Trinajstić information content (AvgIpc) is 1.61. The third-order valence-electron chi connectivity index (χ3n) is 16.8. The number of aliphatic hydroxyl groups is 1. The van der Waals surface area contributed by atoms with E-state index in [4.69, 9.17) is 38.6 Å². The second-order valence-electron chi connectivity index (χ2n) is 22.4. The van der Waals surface area contributed by atoms with Gasteiger partial charge < -0.3 is 5.11 Å². The Kier molecular flexibility index (Phi) is 24.0. The summed E-state index contributed by atoms with van der Waals surface area (Å²) < 4.78 is 25.5. The Balaban J connectivity index is 0.000000118. The molecule has 97 heavy (non-hydrogen) atoms. The van der Waals surface area contributed by atoms with Gasteiger partial charge in [0.05, 0.1) is 0 Å². The molecule has 13 heteroatoms. The Morgan fingerprint density at radius 2 is 0.598 bits per heavy atom. The van der Waals surface area contributed by atoms with Crippen molar-refractivity contribution in [3.63, 3.8) is 0 Å². The van der Waals surface area contributed by atoms with Crippen LogP contribution in [-0.4, -0.2) is 15.3 Å².